The fraction of sp³-hybridized carbons (Fsp3) is 0.571. The second kappa shape index (κ2) is 5.81. The molecular weight excluding hydrogens is 360 g/mol. The van der Waals surface area contributed by atoms with Crippen molar-refractivity contribution in [2.75, 3.05) is 5.32 Å². The smallest absolute Gasteiger partial charge is 0.242 e. The average Bonchev–Trinajstić information content (AvgIpc) is 3.04. The molecule has 4 saturated carbocycles. The number of aryl methyl sites for hydroxylation is 2. The van der Waals surface area contributed by atoms with Crippen molar-refractivity contribution < 1.29 is 4.79 Å². The molecule has 27 heavy (non-hydrogen) atoms. The van der Waals surface area contributed by atoms with Crippen LogP contribution in [0.25, 0.3) is 0 Å². The summed E-state index contributed by atoms with van der Waals surface area (Å²) in [6.07, 6.45) is 7.98. The Morgan fingerprint density at radius 1 is 1.19 bits per heavy atom. The first-order chi connectivity index (χ1) is 12.9. The molecule has 1 N–H and O–H groups in total. The highest BCUT2D eigenvalue weighted by Gasteiger charge is 2.61. The molecule has 0 spiro atoms. The number of nitrogens with zero attached hydrogens (tertiary/aromatic N) is 3. The molecule has 4 fully saturated rings. The molecule has 1 aromatic carbocycles. The molecule has 4 bridgehead atoms. The molecule has 2 aromatic rings. The van der Waals surface area contributed by atoms with Crippen LogP contribution in [0.5, 0.6) is 0 Å². The predicted octanol–water partition coefficient (Wildman–Crippen LogP) is 4.48. The number of carbonyl (C=O) groups is 1. The van der Waals surface area contributed by atoms with Crippen molar-refractivity contribution in [3.63, 3.8) is 0 Å². The molecule has 0 aliphatic heterocycles. The minimum atomic E-state index is -0.308. The first-order valence-electron chi connectivity index (χ1n) is 9.85. The van der Waals surface area contributed by atoms with Gasteiger partial charge in [0.1, 0.15) is 6.33 Å². The van der Waals surface area contributed by atoms with Gasteiger partial charge < -0.3 is 5.32 Å². The lowest BCUT2D eigenvalue weighted by Gasteiger charge is -2.60. The first kappa shape index (κ1) is 17.2. The number of nitrogens with one attached hydrogen (secondary N) is 1. The van der Waals surface area contributed by atoms with Crippen molar-refractivity contribution in [2.24, 2.45) is 17.3 Å². The zero-order valence-electron chi connectivity index (χ0n) is 15.8. The van der Waals surface area contributed by atoms with E-state index in [0.29, 0.717) is 17.1 Å². The van der Waals surface area contributed by atoms with E-state index in [1.54, 1.807) is 6.33 Å². The van der Waals surface area contributed by atoms with Gasteiger partial charge in [-0.3, -0.25) is 4.79 Å². The molecule has 5 nitrogen and oxygen atoms in total. The quantitative estimate of drug-likeness (QED) is 0.848. The number of para-hydroxylation sites is 1. The summed E-state index contributed by atoms with van der Waals surface area (Å²) in [6.45, 7) is 4.11. The molecular formula is C21H25ClN4O. The van der Waals surface area contributed by atoms with E-state index < -0.39 is 0 Å². The maximum Gasteiger partial charge on any atom is 0.242 e. The van der Waals surface area contributed by atoms with Crippen LogP contribution in [0.15, 0.2) is 24.5 Å². The molecule has 6 heteroatoms. The number of amides is 1. The third kappa shape index (κ3) is 2.62. The molecule has 1 heterocycles. The summed E-state index contributed by atoms with van der Waals surface area (Å²) in [4.78, 5) is 17.7. The fourth-order valence-electron chi connectivity index (χ4n) is 6.48. The second-order valence-electron chi connectivity index (χ2n) is 9.14. The third-order valence-electron chi connectivity index (χ3n) is 7.18. The number of halogens is 1. The van der Waals surface area contributed by atoms with Gasteiger partial charge in [0, 0.05) is 5.69 Å². The van der Waals surface area contributed by atoms with E-state index in [1.165, 1.54) is 6.42 Å². The Morgan fingerprint density at radius 3 is 2.44 bits per heavy atom. The number of hydrogen-bond donors (Lipinski definition) is 1. The Labute approximate surface area is 164 Å². The Balaban J connectivity index is 1.50. The zero-order chi connectivity index (χ0) is 18.8. The molecule has 1 amide bonds. The number of rotatable bonds is 3. The fourth-order valence-corrected chi connectivity index (χ4v) is 6.60. The summed E-state index contributed by atoms with van der Waals surface area (Å²) in [6, 6.07) is 6.15. The van der Waals surface area contributed by atoms with Crippen molar-refractivity contribution in [2.45, 2.75) is 57.9 Å². The van der Waals surface area contributed by atoms with Gasteiger partial charge in [-0.05, 0) is 86.9 Å². The SMILES string of the molecule is Cc1cccc(C)c1NC(=O)C12C[C@@H]3C[C@@H](C1)CC(n1cnc(Cl)n1)(C3)C2. The van der Waals surface area contributed by atoms with Gasteiger partial charge in [-0.25, -0.2) is 9.67 Å². The first-order valence-corrected chi connectivity index (χ1v) is 10.2. The Kier molecular flexibility index (Phi) is 3.71. The molecule has 0 unspecified atom stereocenters. The monoisotopic (exact) mass is 384 g/mol. The highest BCUT2D eigenvalue weighted by molar-refractivity contribution is 6.28. The van der Waals surface area contributed by atoms with Crippen LogP contribution in [0.1, 0.15) is 49.7 Å². The summed E-state index contributed by atoms with van der Waals surface area (Å²) < 4.78 is 1.97. The number of hydrogen-bond acceptors (Lipinski definition) is 3. The zero-order valence-corrected chi connectivity index (χ0v) is 16.6. The molecule has 0 radical (unpaired) electrons. The van der Waals surface area contributed by atoms with Crippen LogP contribution >= 0.6 is 11.6 Å². The second-order valence-corrected chi connectivity index (χ2v) is 9.48. The summed E-state index contributed by atoms with van der Waals surface area (Å²) in [5.41, 5.74) is 2.78. The minimum Gasteiger partial charge on any atom is -0.325 e. The van der Waals surface area contributed by atoms with Gasteiger partial charge in [0.15, 0.2) is 0 Å². The highest BCUT2D eigenvalue weighted by Crippen LogP contribution is 2.64. The predicted molar refractivity (Wildman–Crippen MR) is 105 cm³/mol. The molecule has 0 saturated heterocycles. The van der Waals surface area contributed by atoms with E-state index in [2.05, 4.69) is 41.4 Å². The van der Waals surface area contributed by atoms with Gasteiger partial charge in [-0.2, -0.15) is 0 Å². The Morgan fingerprint density at radius 2 is 1.85 bits per heavy atom. The average molecular weight is 385 g/mol. The summed E-state index contributed by atoms with van der Waals surface area (Å²) in [5.74, 6) is 1.35. The van der Waals surface area contributed by atoms with Crippen LogP contribution in [-0.4, -0.2) is 20.7 Å². The number of carbonyl (C=O) groups excluding carboxylic acids is 1. The van der Waals surface area contributed by atoms with Gasteiger partial charge in [-0.1, -0.05) is 18.2 Å². The third-order valence-corrected chi connectivity index (χ3v) is 7.35. The number of benzene rings is 1. The number of aromatic nitrogens is 3. The molecule has 1 aromatic heterocycles. The van der Waals surface area contributed by atoms with Crippen molar-refractivity contribution >= 4 is 23.2 Å². The summed E-state index contributed by atoms with van der Waals surface area (Å²) in [5, 5.41) is 8.03. The van der Waals surface area contributed by atoms with Crippen LogP contribution in [0, 0.1) is 31.1 Å². The summed E-state index contributed by atoms with van der Waals surface area (Å²) in [7, 11) is 0. The lowest BCUT2D eigenvalue weighted by atomic mass is 9.46. The van der Waals surface area contributed by atoms with Gasteiger partial charge in [0.05, 0.1) is 11.0 Å². The van der Waals surface area contributed by atoms with E-state index in [0.717, 1.165) is 48.9 Å². The minimum absolute atomic E-state index is 0.109. The van der Waals surface area contributed by atoms with Crippen LogP contribution < -0.4 is 5.32 Å². The largest absolute Gasteiger partial charge is 0.325 e. The standard InChI is InChI=1S/C21H25ClN4O/c1-13-4-3-5-14(2)17(13)24-18(27)20-7-15-6-16(8-20)10-21(9-15,11-20)26-12-23-19(22)25-26/h3-5,12,15-16H,6-11H2,1-2H3,(H,24,27)/t15-,16-,20?,21?/m0/s1. The normalized spacial score (nSPS) is 34.0. The van der Waals surface area contributed by atoms with Crippen LogP contribution in [-0.2, 0) is 10.3 Å². The Bertz CT molecular complexity index is 886. The van der Waals surface area contributed by atoms with Crippen molar-refractivity contribution in [3.05, 3.63) is 40.9 Å². The molecule has 142 valence electrons. The van der Waals surface area contributed by atoms with Crippen molar-refractivity contribution in [1.29, 1.82) is 0 Å². The highest BCUT2D eigenvalue weighted by atomic mass is 35.5. The van der Waals surface area contributed by atoms with Crippen molar-refractivity contribution in [1.82, 2.24) is 14.8 Å². The van der Waals surface area contributed by atoms with Gasteiger partial charge in [0.2, 0.25) is 11.2 Å². The Hall–Kier alpha value is -1.88. The van der Waals surface area contributed by atoms with Gasteiger partial charge in [0.25, 0.3) is 0 Å². The van der Waals surface area contributed by atoms with Gasteiger partial charge >= 0.3 is 0 Å². The van der Waals surface area contributed by atoms with E-state index in [1.807, 2.05) is 10.7 Å². The molecule has 4 aliphatic carbocycles. The van der Waals surface area contributed by atoms with E-state index in [9.17, 15) is 4.79 Å². The molecule has 4 aliphatic rings. The van der Waals surface area contributed by atoms with Crippen LogP contribution in [0.3, 0.4) is 0 Å². The van der Waals surface area contributed by atoms with Crippen LogP contribution in [0.2, 0.25) is 5.28 Å². The van der Waals surface area contributed by atoms with E-state index >= 15 is 0 Å². The van der Waals surface area contributed by atoms with E-state index in [4.69, 9.17) is 11.6 Å². The van der Waals surface area contributed by atoms with E-state index in [-0.39, 0.29) is 16.9 Å². The topological polar surface area (TPSA) is 59.8 Å². The maximum atomic E-state index is 13.6. The van der Waals surface area contributed by atoms with Crippen molar-refractivity contribution in [3.8, 4) is 0 Å². The number of anilines is 1. The van der Waals surface area contributed by atoms with Crippen LogP contribution in [0.4, 0.5) is 5.69 Å². The molecule has 2 atom stereocenters. The molecule has 6 rings (SSSR count). The lowest BCUT2D eigenvalue weighted by molar-refractivity contribution is -0.150. The maximum absolute atomic E-state index is 13.6. The van der Waals surface area contributed by atoms with Gasteiger partial charge in [-0.15, -0.1) is 5.10 Å². The lowest BCUT2D eigenvalue weighted by Crippen LogP contribution is -2.60. The summed E-state index contributed by atoms with van der Waals surface area (Å²) >= 11 is 6.02.